The van der Waals surface area contributed by atoms with Crippen molar-refractivity contribution in [2.24, 2.45) is 0 Å². The van der Waals surface area contributed by atoms with Crippen LogP contribution in [0.4, 0.5) is 0 Å². The van der Waals surface area contributed by atoms with Crippen LogP contribution < -0.4 is 0 Å². The smallest absolute Gasteiger partial charge is 0.0588 e. The first-order chi connectivity index (χ1) is 5.74. The molecule has 0 aliphatic carbocycles. The maximum Gasteiger partial charge on any atom is 0.0588 e. The first-order valence-corrected chi connectivity index (χ1v) is 4.53. The predicted octanol–water partition coefficient (Wildman–Crippen LogP) is 2.68. The molecule has 0 amide bonds. The van der Waals surface area contributed by atoms with E-state index in [0.29, 0.717) is 0 Å². The fourth-order valence-electron chi connectivity index (χ4n) is 0.760. The van der Waals surface area contributed by atoms with Crippen molar-refractivity contribution in [2.75, 3.05) is 0 Å². The summed E-state index contributed by atoms with van der Waals surface area (Å²) in [4.78, 5) is 8.52. The van der Waals surface area contributed by atoms with E-state index in [9.17, 15) is 0 Å². The molecule has 12 heavy (non-hydrogen) atoms. The van der Waals surface area contributed by atoms with Crippen molar-refractivity contribution in [3.63, 3.8) is 0 Å². The minimum atomic E-state index is 0.966. The Balaban J connectivity index is 0.000000561. The van der Waals surface area contributed by atoms with Gasteiger partial charge in [-0.2, -0.15) is 0 Å². The molecular formula is C10H18N2. The molecule has 0 fully saturated rings. The Morgan fingerprint density at radius 3 is 2.17 bits per heavy atom. The van der Waals surface area contributed by atoms with Gasteiger partial charge in [0, 0.05) is 6.20 Å². The van der Waals surface area contributed by atoms with Gasteiger partial charge in [-0.25, -0.2) is 0 Å². The molecule has 0 saturated carbocycles. The summed E-state index contributed by atoms with van der Waals surface area (Å²) in [7, 11) is 0. The van der Waals surface area contributed by atoms with E-state index in [1.165, 1.54) is 0 Å². The topological polar surface area (TPSA) is 25.8 Å². The molecule has 0 unspecified atom stereocenters. The zero-order valence-electron chi connectivity index (χ0n) is 8.68. The van der Waals surface area contributed by atoms with Gasteiger partial charge in [0.1, 0.15) is 0 Å². The zero-order valence-corrected chi connectivity index (χ0v) is 8.68. The minimum absolute atomic E-state index is 0.966. The second kappa shape index (κ2) is 5.70. The molecule has 1 aromatic heterocycles. The summed E-state index contributed by atoms with van der Waals surface area (Å²) in [6.07, 6.45) is 2.80. The van der Waals surface area contributed by atoms with E-state index in [4.69, 9.17) is 0 Å². The summed E-state index contributed by atoms with van der Waals surface area (Å²) in [5, 5.41) is 0. The Morgan fingerprint density at radius 2 is 1.75 bits per heavy atom. The van der Waals surface area contributed by atoms with Crippen molar-refractivity contribution in [1.82, 2.24) is 9.97 Å². The highest BCUT2D eigenvalue weighted by Gasteiger charge is 1.95. The maximum absolute atomic E-state index is 4.33. The number of aryl methyl sites for hydroxylation is 3. The van der Waals surface area contributed by atoms with Gasteiger partial charge < -0.3 is 0 Å². The van der Waals surface area contributed by atoms with Crippen LogP contribution in [0.3, 0.4) is 0 Å². The van der Waals surface area contributed by atoms with E-state index in [0.717, 1.165) is 23.5 Å². The summed E-state index contributed by atoms with van der Waals surface area (Å²) in [5.41, 5.74) is 3.14. The molecule has 1 heterocycles. The lowest BCUT2D eigenvalue weighted by Crippen LogP contribution is -1.95. The number of rotatable bonds is 1. The quantitative estimate of drug-likeness (QED) is 0.641. The highest BCUT2D eigenvalue weighted by atomic mass is 14.8. The molecule has 2 nitrogen and oxygen atoms in total. The van der Waals surface area contributed by atoms with Crippen LogP contribution in [0.2, 0.25) is 0 Å². The van der Waals surface area contributed by atoms with E-state index in [1.807, 2.05) is 33.9 Å². The first kappa shape index (κ1) is 11.1. The second-order valence-electron chi connectivity index (χ2n) is 2.39. The Labute approximate surface area is 75.1 Å². The number of nitrogens with zero attached hydrogens (tertiary/aromatic N) is 2. The van der Waals surface area contributed by atoms with Gasteiger partial charge in [0.15, 0.2) is 0 Å². The largest absolute Gasteiger partial charge is 0.258 e. The SMILES string of the molecule is CC.CCc1cnc(C)c(C)n1. The Bertz CT molecular complexity index is 231. The minimum Gasteiger partial charge on any atom is -0.258 e. The van der Waals surface area contributed by atoms with Crippen LogP contribution in [0.25, 0.3) is 0 Å². The van der Waals surface area contributed by atoms with Crippen molar-refractivity contribution in [2.45, 2.75) is 41.0 Å². The van der Waals surface area contributed by atoms with E-state index in [1.54, 1.807) is 0 Å². The normalized spacial score (nSPS) is 8.75. The van der Waals surface area contributed by atoms with Gasteiger partial charge in [-0.1, -0.05) is 20.8 Å². The van der Waals surface area contributed by atoms with Gasteiger partial charge >= 0.3 is 0 Å². The summed E-state index contributed by atoms with van der Waals surface area (Å²) in [6, 6.07) is 0. The van der Waals surface area contributed by atoms with Crippen molar-refractivity contribution < 1.29 is 0 Å². The van der Waals surface area contributed by atoms with Gasteiger partial charge in [0.25, 0.3) is 0 Å². The van der Waals surface area contributed by atoms with Crippen LogP contribution in [0.1, 0.15) is 37.9 Å². The van der Waals surface area contributed by atoms with Crippen molar-refractivity contribution in [3.05, 3.63) is 23.3 Å². The fraction of sp³-hybridized carbons (Fsp3) is 0.600. The van der Waals surface area contributed by atoms with Crippen LogP contribution in [-0.4, -0.2) is 9.97 Å². The van der Waals surface area contributed by atoms with E-state index in [-0.39, 0.29) is 0 Å². The molecule has 0 aliphatic rings. The molecular weight excluding hydrogens is 148 g/mol. The van der Waals surface area contributed by atoms with Gasteiger partial charge in [0.2, 0.25) is 0 Å². The van der Waals surface area contributed by atoms with Crippen LogP contribution >= 0.6 is 0 Å². The molecule has 1 aromatic rings. The third-order valence-corrected chi connectivity index (χ3v) is 1.60. The van der Waals surface area contributed by atoms with Gasteiger partial charge in [-0.3, -0.25) is 9.97 Å². The fourth-order valence-corrected chi connectivity index (χ4v) is 0.760. The van der Waals surface area contributed by atoms with E-state index >= 15 is 0 Å². The van der Waals surface area contributed by atoms with E-state index in [2.05, 4.69) is 16.9 Å². The summed E-state index contributed by atoms with van der Waals surface area (Å²) >= 11 is 0. The average Bonchev–Trinajstić information content (AvgIpc) is 2.13. The van der Waals surface area contributed by atoms with Crippen molar-refractivity contribution in [3.8, 4) is 0 Å². The van der Waals surface area contributed by atoms with Crippen LogP contribution in [0, 0.1) is 13.8 Å². The molecule has 0 atom stereocenters. The van der Waals surface area contributed by atoms with Crippen LogP contribution in [0.5, 0.6) is 0 Å². The molecule has 0 aromatic carbocycles. The second-order valence-corrected chi connectivity index (χ2v) is 2.39. The lowest BCUT2D eigenvalue weighted by atomic mass is 10.3. The molecule has 0 saturated heterocycles. The zero-order chi connectivity index (χ0) is 9.56. The van der Waals surface area contributed by atoms with Crippen LogP contribution in [0.15, 0.2) is 6.20 Å². The first-order valence-electron chi connectivity index (χ1n) is 4.53. The Morgan fingerprint density at radius 1 is 1.17 bits per heavy atom. The standard InChI is InChI=1S/C8H12N2.C2H6/c1-4-8-5-9-6(2)7(3)10-8;1-2/h5H,4H2,1-3H3;1-2H3. The molecule has 0 aliphatic heterocycles. The van der Waals surface area contributed by atoms with E-state index < -0.39 is 0 Å². The third kappa shape index (κ3) is 2.99. The summed E-state index contributed by atoms with van der Waals surface area (Å²) < 4.78 is 0. The lowest BCUT2D eigenvalue weighted by Gasteiger charge is -1.99. The molecule has 0 radical (unpaired) electrons. The molecule has 0 N–H and O–H groups in total. The number of hydrogen-bond donors (Lipinski definition) is 0. The van der Waals surface area contributed by atoms with Crippen LogP contribution in [-0.2, 0) is 6.42 Å². The Kier molecular flexibility index (Phi) is 5.26. The lowest BCUT2D eigenvalue weighted by molar-refractivity contribution is 0.941. The monoisotopic (exact) mass is 166 g/mol. The van der Waals surface area contributed by atoms with Gasteiger partial charge in [-0.15, -0.1) is 0 Å². The highest BCUT2D eigenvalue weighted by molar-refractivity contribution is 5.10. The summed E-state index contributed by atoms with van der Waals surface area (Å²) in [5.74, 6) is 0. The molecule has 2 heteroatoms. The summed E-state index contributed by atoms with van der Waals surface area (Å²) in [6.45, 7) is 10.0. The maximum atomic E-state index is 4.33. The number of aromatic nitrogens is 2. The Hall–Kier alpha value is -0.920. The molecule has 0 spiro atoms. The highest BCUT2D eigenvalue weighted by Crippen LogP contribution is 2.00. The molecule has 1 rings (SSSR count). The predicted molar refractivity (Wildman–Crippen MR) is 52.2 cm³/mol. The van der Waals surface area contributed by atoms with Crippen molar-refractivity contribution >= 4 is 0 Å². The van der Waals surface area contributed by atoms with Gasteiger partial charge in [0.05, 0.1) is 17.1 Å². The number of hydrogen-bond acceptors (Lipinski definition) is 2. The third-order valence-electron chi connectivity index (χ3n) is 1.60. The average molecular weight is 166 g/mol. The van der Waals surface area contributed by atoms with Crippen molar-refractivity contribution in [1.29, 1.82) is 0 Å². The molecule has 68 valence electrons. The van der Waals surface area contributed by atoms with Gasteiger partial charge in [-0.05, 0) is 20.3 Å². The molecule has 0 bridgehead atoms.